The van der Waals surface area contributed by atoms with Crippen LogP contribution in [0.15, 0.2) is 79.1 Å². The molecule has 7 heteroatoms. The van der Waals surface area contributed by atoms with E-state index in [-0.39, 0.29) is 11.9 Å². The summed E-state index contributed by atoms with van der Waals surface area (Å²) in [6, 6.07) is 20.5. The number of nitrogens with zero attached hydrogens (tertiary/aromatic N) is 3. The minimum Gasteiger partial charge on any atom is -0.382 e. The first-order chi connectivity index (χ1) is 18.1. The predicted octanol–water partition coefficient (Wildman–Crippen LogP) is 7.86. The lowest BCUT2D eigenvalue weighted by Crippen LogP contribution is -2.19. The molecule has 0 radical (unpaired) electrons. The van der Waals surface area contributed by atoms with Crippen LogP contribution in [-0.2, 0) is 5.60 Å². The highest BCUT2D eigenvalue weighted by Crippen LogP contribution is 2.38. The highest BCUT2D eigenvalue weighted by Gasteiger charge is 2.20. The lowest BCUT2D eigenvalue weighted by molar-refractivity contribution is 0.0687. The van der Waals surface area contributed by atoms with Crippen molar-refractivity contribution in [1.29, 1.82) is 0 Å². The van der Waals surface area contributed by atoms with E-state index >= 15 is 4.39 Å². The van der Waals surface area contributed by atoms with E-state index in [1.807, 2.05) is 68.4 Å². The van der Waals surface area contributed by atoms with Crippen molar-refractivity contribution in [3.8, 4) is 22.3 Å². The third-order valence-corrected chi connectivity index (χ3v) is 7.02. The third kappa shape index (κ3) is 5.10. The number of nitrogens with one attached hydrogen (secondary N) is 1. The molecule has 192 valence electrons. The van der Waals surface area contributed by atoms with Crippen LogP contribution in [0.2, 0.25) is 5.02 Å². The molecule has 2 aromatic heterocycles. The molecule has 0 spiro atoms. The van der Waals surface area contributed by atoms with E-state index in [4.69, 9.17) is 11.6 Å². The average Bonchev–Trinajstić information content (AvgIpc) is 2.91. The largest absolute Gasteiger partial charge is 0.382 e. The Kier molecular flexibility index (Phi) is 6.86. The van der Waals surface area contributed by atoms with Gasteiger partial charge in [-0.2, -0.15) is 0 Å². The fourth-order valence-corrected chi connectivity index (χ4v) is 4.66. The van der Waals surface area contributed by atoms with Crippen molar-refractivity contribution in [3.05, 3.63) is 107 Å². The molecule has 5 nitrogen and oxygen atoms in total. The zero-order valence-corrected chi connectivity index (χ0v) is 22.4. The number of fused-ring (bicyclic) bond motifs is 1. The number of anilines is 1. The molecule has 0 aliphatic heterocycles. The van der Waals surface area contributed by atoms with Gasteiger partial charge in [-0.25, -0.2) is 14.4 Å². The van der Waals surface area contributed by atoms with E-state index in [1.54, 1.807) is 32.3 Å². The predicted molar refractivity (Wildman–Crippen MR) is 152 cm³/mol. The number of pyridine rings is 1. The molecule has 5 aromatic rings. The number of hydrogen-bond acceptors (Lipinski definition) is 5. The third-order valence-electron chi connectivity index (χ3n) is 6.55. The Morgan fingerprint density at radius 2 is 1.55 bits per heavy atom. The maximum atomic E-state index is 15.0. The van der Waals surface area contributed by atoms with Gasteiger partial charge >= 0.3 is 0 Å². The molecule has 1 atom stereocenters. The summed E-state index contributed by atoms with van der Waals surface area (Å²) in [6.45, 7) is 7.06. The van der Waals surface area contributed by atoms with Crippen LogP contribution in [0.5, 0.6) is 0 Å². The number of benzene rings is 3. The van der Waals surface area contributed by atoms with E-state index in [0.29, 0.717) is 27.8 Å². The summed E-state index contributed by atoms with van der Waals surface area (Å²) in [5.41, 5.74) is 5.15. The Hall–Kier alpha value is -3.87. The summed E-state index contributed by atoms with van der Waals surface area (Å²) in [5, 5.41) is 14.9. The maximum Gasteiger partial charge on any atom is 0.159 e. The second kappa shape index (κ2) is 10.1. The molecule has 3 aromatic carbocycles. The highest BCUT2D eigenvalue weighted by atomic mass is 35.5. The second-order valence-electron chi connectivity index (χ2n) is 9.94. The summed E-state index contributed by atoms with van der Waals surface area (Å²) in [4.78, 5) is 13.3. The van der Waals surface area contributed by atoms with Gasteiger partial charge in [0.2, 0.25) is 0 Å². The maximum absolute atomic E-state index is 15.0. The molecule has 0 unspecified atom stereocenters. The molecular formula is C31H28ClFN4O. The van der Waals surface area contributed by atoms with Gasteiger partial charge in [0.05, 0.1) is 28.0 Å². The van der Waals surface area contributed by atoms with Gasteiger partial charge in [-0.15, -0.1) is 0 Å². The topological polar surface area (TPSA) is 70.9 Å². The van der Waals surface area contributed by atoms with Gasteiger partial charge in [-0.3, -0.25) is 4.98 Å². The quantitative estimate of drug-likeness (QED) is 0.235. The van der Waals surface area contributed by atoms with Crippen molar-refractivity contribution in [2.75, 3.05) is 5.32 Å². The smallest absolute Gasteiger partial charge is 0.159 e. The SMILES string of the molecule is Cc1nc2ccc(-c3cnc(C(C)(C)O)nc3)cc2c(N[C@H](C)c2cc(-c3ccccc3)ccc2F)c1Cl. The standard InChI is InChI=1S/C31H28ClFN4O/c1-18(24-14-21(10-12-26(24)33)20-8-6-5-7-9-20)37-29-25-15-22(11-13-27(25)36-19(2)28(29)32)23-16-34-30(35-17-23)31(3,4)38/h5-18,38H,1-4H3,(H,36,37)/t18-/m1/s1. The Bertz CT molecular complexity index is 1620. The van der Waals surface area contributed by atoms with E-state index < -0.39 is 5.60 Å². The van der Waals surface area contributed by atoms with E-state index in [1.165, 1.54) is 6.07 Å². The molecule has 0 saturated heterocycles. The monoisotopic (exact) mass is 526 g/mol. The van der Waals surface area contributed by atoms with Gasteiger partial charge < -0.3 is 10.4 Å². The molecule has 0 bridgehead atoms. The van der Waals surface area contributed by atoms with Crippen LogP contribution in [0.4, 0.5) is 10.1 Å². The minimum atomic E-state index is -1.13. The second-order valence-corrected chi connectivity index (χ2v) is 10.3. The Morgan fingerprint density at radius 3 is 2.24 bits per heavy atom. The fraction of sp³-hybridized carbons (Fsp3) is 0.194. The summed E-state index contributed by atoms with van der Waals surface area (Å²) in [7, 11) is 0. The number of hydrogen-bond donors (Lipinski definition) is 2. The normalized spacial score (nSPS) is 12.5. The van der Waals surface area contributed by atoms with Crippen molar-refractivity contribution >= 4 is 28.2 Å². The lowest BCUT2D eigenvalue weighted by Gasteiger charge is -2.21. The van der Waals surface area contributed by atoms with Crippen LogP contribution in [0.25, 0.3) is 33.2 Å². The molecular weight excluding hydrogens is 499 g/mol. The van der Waals surface area contributed by atoms with Gasteiger partial charge in [-0.1, -0.05) is 54.1 Å². The highest BCUT2D eigenvalue weighted by molar-refractivity contribution is 6.35. The molecule has 0 saturated carbocycles. The van der Waals surface area contributed by atoms with Crippen LogP contribution in [0.3, 0.4) is 0 Å². The van der Waals surface area contributed by atoms with E-state index in [2.05, 4.69) is 20.3 Å². The zero-order chi connectivity index (χ0) is 27.0. The van der Waals surface area contributed by atoms with Crippen molar-refractivity contribution < 1.29 is 9.50 Å². The first-order valence-electron chi connectivity index (χ1n) is 12.4. The number of aryl methyl sites for hydroxylation is 1. The van der Waals surface area contributed by atoms with Gasteiger partial charge in [0.1, 0.15) is 11.4 Å². The molecule has 0 amide bonds. The van der Waals surface area contributed by atoms with Crippen LogP contribution in [0, 0.1) is 12.7 Å². The van der Waals surface area contributed by atoms with Crippen molar-refractivity contribution in [2.45, 2.75) is 39.3 Å². The van der Waals surface area contributed by atoms with Gasteiger partial charge in [0, 0.05) is 28.9 Å². The summed E-state index contributed by atoms with van der Waals surface area (Å²) in [6.07, 6.45) is 3.37. The zero-order valence-electron chi connectivity index (χ0n) is 21.6. The number of aromatic nitrogens is 3. The number of rotatable bonds is 6. The lowest BCUT2D eigenvalue weighted by atomic mass is 9.99. The molecule has 2 N–H and O–H groups in total. The summed E-state index contributed by atoms with van der Waals surface area (Å²) < 4.78 is 15.0. The van der Waals surface area contributed by atoms with Crippen LogP contribution < -0.4 is 5.32 Å². The summed E-state index contributed by atoms with van der Waals surface area (Å²) >= 11 is 6.77. The van der Waals surface area contributed by atoms with E-state index in [9.17, 15) is 5.11 Å². The molecule has 0 aliphatic carbocycles. The van der Waals surface area contributed by atoms with E-state index in [0.717, 1.165) is 33.2 Å². The summed E-state index contributed by atoms with van der Waals surface area (Å²) in [5.74, 6) is 0.0546. The first-order valence-corrected chi connectivity index (χ1v) is 12.8. The molecule has 0 aliphatic rings. The molecule has 2 heterocycles. The minimum absolute atomic E-state index is 0.291. The Labute approximate surface area is 226 Å². The van der Waals surface area contributed by atoms with Crippen molar-refractivity contribution in [3.63, 3.8) is 0 Å². The number of halogens is 2. The first kappa shape index (κ1) is 25.8. The van der Waals surface area contributed by atoms with Gasteiger partial charge in [0.25, 0.3) is 0 Å². The van der Waals surface area contributed by atoms with Crippen molar-refractivity contribution in [1.82, 2.24) is 15.0 Å². The fourth-order valence-electron chi connectivity index (χ4n) is 4.46. The van der Waals surface area contributed by atoms with Gasteiger partial charge in [-0.05, 0) is 68.7 Å². The van der Waals surface area contributed by atoms with Crippen LogP contribution in [-0.4, -0.2) is 20.1 Å². The Morgan fingerprint density at radius 1 is 0.895 bits per heavy atom. The molecule has 5 rings (SSSR count). The van der Waals surface area contributed by atoms with Crippen LogP contribution >= 0.6 is 11.6 Å². The molecule has 0 fully saturated rings. The van der Waals surface area contributed by atoms with Crippen molar-refractivity contribution in [2.24, 2.45) is 0 Å². The number of aliphatic hydroxyl groups is 1. The van der Waals surface area contributed by atoms with Gasteiger partial charge in [0.15, 0.2) is 5.82 Å². The Balaban J connectivity index is 1.54. The van der Waals surface area contributed by atoms with Crippen LogP contribution in [0.1, 0.15) is 43.9 Å². The average molecular weight is 527 g/mol. The molecule has 38 heavy (non-hydrogen) atoms.